The van der Waals surface area contributed by atoms with Gasteiger partial charge in [0.1, 0.15) is 23.9 Å². The van der Waals surface area contributed by atoms with E-state index in [1.165, 1.54) is 12.1 Å². The Kier molecular flexibility index (Phi) is 5.17. The second-order valence-corrected chi connectivity index (χ2v) is 5.24. The number of phenols is 1. The fraction of sp³-hybridized carbons (Fsp3) is 0.294. The van der Waals surface area contributed by atoms with Gasteiger partial charge in [-0.15, -0.1) is 0 Å². The summed E-state index contributed by atoms with van der Waals surface area (Å²) >= 11 is 0. The fourth-order valence-corrected chi connectivity index (χ4v) is 1.89. The number of nitrogens with one attached hydrogen (secondary N) is 1. The van der Waals surface area contributed by atoms with Crippen LogP contribution in [0.15, 0.2) is 42.5 Å². The number of benzene rings is 2. The molecule has 0 aliphatic heterocycles. The minimum absolute atomic E-state index is 0.224. The Bertz CT molecular complexity index is 582. The number of hydrogen-bond donors (Lipinski definition) is 2. The summed E-state index contributed by atoms with van der Waals surface area (Å²) < 4.78 is 19.1. The van der Waals surface area contributed by atoms with Gasteiger partial charge in [-0.25, -0.2) is 4.39 Å². The van der Waals surface area contributed by atoms with Crippen LogP contribution >= 0.6 is 0 Å². The maximum Gasteiger partial charge on any atom is 0.124 e. The molecule has 0 unspecified atom stereocenters. The molecule has 2 aromatic rings. The van der Waals surface area contributed by atoms with Gasteiger partial charge in [0.25, 0.3) is 0 Å². The van der Waals surface area contributed by atoms with Crippen LogP contribution in [0.1, 0.15) is 25.0 Å². The molecule has 0 atom stereocenters. The third-order valence-corrected chi connectivity index (χ3v) is 3.05. The maximum absolute atomic E-state index is 13.4. The van der Waals surface area contributed by atoms with Gasteiger partial charge in [-0.3, -0.25) is 0 Å². The standard InChI is InChI=1S/C17H20FNO2/c1-12(2)19-10-14-9-15(18)5-8-17(14)21-11-13-3-6-16(20)7-4-13/h3-9,12,19-20H,10-11H2,1-2H3. The Morgan fingerprint density at radius 2 is 1.86 bits per heavy atom. The molecule has 112 valence electrons. The van der Waals surface area contributed by atoms with E-state index in [9.17, 15) is 9.50 Å². The molecule has 0 saturated heterocycles. The van der Waals surface area contributed by atoms with E-state index >= 15 is 0 Å². The highest BCUT2D eigenvalue weighted by molar-refractivity contribution is 5.34. The normalized spacial score (nSPS) is 10.9. The van der Waals surface area contributed by atoms with E-state index in [1.807, 2.05) is 13.8 Å². The van der Waals surface area contributed by atoms with Crippen LogP contribution in [0, 0.1) is 5.82 Å². The minimum atomic E-state index is -0.271. The quantitative estimate of drug-likeness (QED) is 0.853. The number of rotatable bonds is 6. The molecular formula is C17H20FNO2. The fourth-order valence-electron chi connectivity index (χ4n) is 1.89. The average Bonchev–Trinajstić information content (AvgIpc) is 2.45. The van der Waals surface area contributed by atoms with Gasteiger partial charge in [0.15, 0.2) is 0 Å². The topological polar surface area (TPSA) is 41.5 Å². The highest BCUT2D eigenvalue weighted by Crippen LogP contribution is 2.21. The molecule has 2 aromatic carbocycles. The molecule has 0 amide bonds. The second kappa shape index (κ2) is 7.09. The molecule has 0 bridgehead atoms. The van der Waals surface area contributed by atoms with Crippen molar-refractivity contribution in [3.8, 4) is 11.5 Å². The van der Waals surface area contributed by atoms with Crippen LogP contribution in [0.3, 0.4) is 0 Å². The largest absolute Gasteiger partial charge is 0.508 e. The van der Waals surface area contributed by atoms with E-state index in [1.54, 1.807) is 30.3 Å². The highest BCUT2D eigenvalue weighted by Gasteiger charge is 2.07. The third-order valence-electron chi connectivity index (χ3n) is 3.05. The predicted molar refractivity (Wildman–Crippen MR) is 80.8 cm³/mol. The summed E-state index contributed by atoms with van der Waals surface area (Å²) in [5.41, 5.74) is 1.74. The number of phenolic OH excluding ortho intramolecular Hbond substituents is 1. The van der Waals surface area contributed by atoms with Gasteiger partial charge in [-0.1, -0.05) is 26.0 Å². The molecule has 0 aliphatic rings. The van der Waals surface area contributed by atoms with E-state index in [0.29, 0.717) is 24.9 Å². The molecular weight excluding hydrogens is 269 g/mol. The molecule has 0 aliphatic carbocycles. The number of ether oxygens (including phenoxy) is 1. The summed E-state index contributed by atoms with van der Waals surface area (Å²) in [5, 5.41) is 12.5. The van der Waals surface area contributed by atoms with Gasteiger partial charge in [0, 0.05) is 18.2 Å². The van der Waals surface area contributed by atoms with Gasteiger partial charge in [-0.2, -0.15) is 0 Å². The van der Waals surface area contributed by atoms with Gasteiger partial charge in [-0.05, 0) is 35.9 Å². The molecule has 4 heteroatoms. The van der Waals surface area contributed by atoms with E-state index in [0.717, 1.165) is 11.1 Å². The average molecular weight is 289 g/mol. The third kappa shape index (κ3) is 4.76. The van der Waals surface area contributed by atoms with E-state index in [2.05, 4.69) is 5.32 Å². The Labute approximate surface area is 124 Å². The van der Waals surface area contributed by atoms with Crippen molar-refractivity contribution in [3.05, 3.63) is 59.4 Å². The Hall–Kier alpha value is -2.07. The van der Waals surface area contributed by atoms with Crippen LogP contribution in [-0.2, 0) is 13.2 Å². The lowest BCUT2D eigenvalue weighted by Gasteiger charge is -2.14. The highest BCUT2D eigenvalue weighted by atomic mass is 19.1. The first kappa shape index (κ1) is 15.3. The zero-order valence-corrected chi connectivity index (χ0v) is 12.3. The first-order valence-corrected chi connectivity index (χ1v) is 6.97. The van der Waals surface area contributed by atoms with E-state index in [4.69, 9.17) is 4.74 Å². The van der Waals surface area contributed by atoms with E-state index in [-0.39, 0.29) is 11.6 Å². The predicted octanol–water partition coefficient (Wildman–Crippen LogP) is 3.61. The van der Waals surface area contributed by atoms with Crippen molar-refractivity contribution in [2.45, 2.75) is 33.0 Å². The summed E-state index contributed by atoms with van der Waals surface area (Å²) in [6.45, 7) is 5.01. The molecule has 0 heterocycles. The summed E-state index contributed by atoms with van der Waals surface area (Å²) in [6.07, 6.45) is 0. The van der Waals surface area contributed by atoms with Gasteiger partial charge in [0.2, 0.25) is 0 Å². The van der Waals surface area contributed by atoms with Crippen LogP contribution in [0.2, 0.25) is 0 Å². The van der Waals surface area contributed by atoms with Crippen LogP contribution in [-0.4, -0.2) is 11.1 Å². The van der Waals surface area contributed by atoms with Crippen LogP contribution in [0.4, 0.5) is 4.39 Å². The molecule has 0 spiro atoms. The van der Waals surface area contributed by atoms with Crippen LogP contribution in [0.25, 0.3) is 0 Å². The molecule has 0 radical (unpaired) electrons. The van der Waals surface area contributed by atoms with Crippen molar-refractivity contribution >= 4 is 0 Å². The smallest absolute Gasteiger partial charge is 0.124 e. The first-order valence-electron chi connectivity index (χ1n) is 6.97. The zero-order valence-electron chi connectivity index (χ0n) is 12.3. The second-order valence-electron chi connectivity index (χ2n) is 5.24. The molecule has 0 aromatic heterocycles. The number of halogens is 1. The summed E-state index contributed by atoms with van der Waals surface area (Å²) in [4.78, 5) is 0. The Morgan fingerprint density at radius 1 is 1.14 bits per heavy atom. The van der Waals surface area contributed by atoms with Crippen molar-refractivity contribution in [1.29, 1.82) is 0 Å². The monoisotopic (exact) mass is 289 g/mol. The lowest BCUT2D eigenvalue weighted by atomic mass is 10.1. The zero-order chi connectivity index (χ0) is 15.2. The summed E-state index contributed by atoms with van der Waals surface area (Å²) in [6, 6.07) is 11.7. The summed E-state index contributed by atoms with van der Waals surface area (Å²) in [7, 11) is 0. The maximum atomic E-state index is 13.4. The van der Waals surface area contributed by atoms with Crippen LogP contribution < -0.4 is 10.1 Å². The number of aromatic hydroxyl groups is 1. The SMILES string of the molecule is CC(C)NCc1cc(F)ccc1OCc1ccc(O)cc1. The lowest BCUT2D eigenvalue weighted by molar-refractivity contribution is 0.301. The Balaban J connectivity index is 2.06. The molecule has 21 heavy (non-hydrogen) atoms. The minimum Gasteiger partial charge on any atom is -0.508 e. The molecule has 2 N–H and O–H groups in total. The van der Waals surface area contributed by atoms with Crippen molar-refractivity contribution in [1.82, 2.24) is 5.32 Å². The molecule has 2 rings (SSSR count). The lowest BCUT2D eigenvalue weighted by Crippen LogP contribution is -2.22. The number of hydrogen-bond acceptors (Lipinski definition) is 3. The van der Waals surface area contributed by atoms with Gasteiger partial charge < -0.3 is 15.2 Å². The summed E-state index contributed by atoms with van der Waals surface area (Å²) in [5.74, 6) is 0.618. The van der Waals surface area contributed by atoms with Crippen molar-refractivity contribution < 1.29 is 14.2 Å². The van der Waals surface area contributed by atoms with Crippen molar-refractivity contribution in [2.24, 2.45) is 0 Å². The molecule has 3 nitrogen and oxygen atoms in total. The molecule has 0 saturated carbocycles. The van der Waals surface area contributed by atoms with Gasteiger partial charge in [0.05, 0.1) is 0 Å². The van der Waals surface area contributed by atoms with Crippen molar-refractivity contribution in [3.63, 3.8) is 0 Å². The van der Waals surface area contributed by atoms with Gasteiger partial charge >= 0.3 is 0 Å². The van der Waals surface area contributed by atoms with E-state index < -0.39 is 0 Å². The first-order chi connectivity index (χ1) is 10.0. The van der Waals surface area contributed by atoms with Crippen molar-refractivity contribution in [2.75, 3.05) is 0 Å². The Morgan fingerprint density at radius 3 is 2.52 bits per heavy atom. The van der Waals surface area contributed by atoms with Crippen LogP contribution in [0.5, 0.6) is 11.5 Å². The molecule has 0 fully saturated rings.